The number of likely N-dealkylation sites (tertiary alicyclic amines) is 1. The maximum atomic E-state index is 11.9. The van der Waals surface area contributed by atoms with Crippen molar-refractivity contribution in [2.75, 3.05) is 18.4 Å². The number of nitrogens with zero attached hydrogens (tertiary/aromatic N) is 1. The summed E-state index contributed by atoms with van der Waals surface area (Å²) in [6.45, 7) is 2.17. The van der Waals surface area contributed by atoms with Crippen molar-refractivity contribution < 1.29 is 14.7 Å². The average Bonchev–Trinajstić information content (AvgIpc) is 2.23. The second kappa shape index (κ2) is 4.55. The van der Waals surface area contributed by atoms with E-state index in [0.717, 1.165) is 0 Å². The molecule has 0 aliphatic carbocycles. The fourth-order valence-electron chi connectivity index (χ4n) is 1.74. The Morgan fingerprint density at radius 2 is 2.12 bits per heavy atom. The zero-order valence-corrected chi connectivity index (χ0v) is 9.51. The minimum Gasteiger partial charge on any atom is -0.389 e. The van der Waals surface area contributed by atoms with Gasteiger partial charge in [0.15, 0.2) is 0 Å². The van der Waals surface area contributed by atoms with E-state index in [0.29, 0.717) is 24.3 Å². The van der Waals surface area contributed by atoms with Crippen LogP contribution in [0.4, 0.5) is 5.69 Å². The molecule has 0 unspecified atom stereocenters. The Hall–Kier alpha value is -1.88. The molecule has 0 saturated carbocycles. The summed E-state index contributed by atoms with van der Waals surface area (Å²) < 4.78 is 0. The Morgan fingerprint density at radius 1 is 1.41 bits per heavy atom. The van der Waals surface area contributed by atoms with E-state index in [1.165, 1.54) is 6.92 Å². The van der Waals surface area contributed by atoms with E-state index in [9.17, 15) is 9.59 Å². The zero-order chi connectivity index (χ0) is 12.4. The first-order chi connectivity index (χ1) is 8.06. The molecule has 2 amide bonds. The highest BCUT2D eigenvalue weighted by Gasteiger charge is 2.29. The van der Waals surface area contributed by atoms with Crippen LogP contribution in [0.2, 0.25) is 0 Å². The summed E-state index contributed by atoms with van der Waals surface area (Å²) in [6.07, 6.45) is -0.405. The Kier molecular flexibility index (Phi) is 3.10. The summed E-state index contributed by atoms with van der Waals surface area (Å²) in [6, 6.07) is 6.77. The highest BCUT2D eigenvalue weighted by molar-refractivity contribution is 5.97. The molecule has 1 aromatic rings. The molecule has 5 nitrogen and oxygen atoms in total. The average molecular weight is 234 g/mol. The Morgan fingerprint density at radius 3 is 2.71 bits per heavy atom. The Balaban J connectivity index is 2.10. The van der Waals surface area contributed by atoms with Crippen LogP contribution in [0.15, 0.2) is 24.3 Å². The third-order valence-corrected chi connectivity index (χ3v) is 2.58. The summed E-state index contributed by atoms with van der Waals surface area (Å²) in [5, 5.41) is 11.8. The van der Waals surface area contributed by atoms with Gasteiger partial charge in [-0.05, 0) is 18.2 Å². The Bertz CT molecular complexity index is 453. The van der Waals surface area contributed by atoms with Gasteiger partial charge in [0.1, 0.15) is 0 Å². The predicted molar refractivity (Wildman–Crippen MR) is 62.7 cm³/mol. The van der Waals surface area contributed by atoms with Crippen molar-refractivity contribution >= 4 is 17.5 Å². The molecule has 1 aromatic carbocycles. The topological polar surface area (TPSA) is 69.6 Å². The van der Waals surface area contributed by atoms with Crippen molar-refractivity contribution in [1.82, 2.24) is 4.90 Å². The van der Waals surface area contributed by atoms with Crippen molar-refractivity contribution in [3.05, 3.63) is 29.8 Å². The van der Waals surface area contributed by atoms with Gasteiger partial charge in [0.2, 0.25) is 5.91 Å². The van der Waals surface area contributed by atoms with Crippen LogP contribution in [0.3, 0.4) is 0 Å². The first kappa shape index (κ1) is 11.6. The monoisotopic (exact) mass is 234 g/mol. The van der Waals surface area contributed by atoms with Gasteiger partial charge in [-0.25, -0.2) is 0 Å². The second-order valence-electron chi connectivity index (χ2n) is 4.13. The molecule has 0 spiro atoms. The number of rotatable bonds is 2. The molecule has 1 heterocycles. The lowest BCUT2D eigenvalue weighted by molar-refractivity contribution is -0.114. The number of aliphatic hydroxyl groups is 1. The number of benzene rings is 1. The summed E-state index contributed by atoms with van der Waals surface area (Å²) in [4.78, 5) is 24.4. The quantitative estimate of drug-likeness (QED) is 0.781. The van der Waals surface area contributed by atoms with Gasteiger partial charge >= 0.3 is 0 Å². The molecule has 0 radical (unpaired) electrons. The van der Waals surface area contributed by atoms with E-state index in [4.69, 9.17) is 5.11 Å². The lowest BCUT2D eigenvalue weighted by Gasteiger charge is -2.35. The van der Waals surface area contributed by atoms with Gasteiger partial charge in [-0.15, -0.1) is 0 Å². The van der Waals surface area contributed by atoms with Gasteiger partial charge in [0, 0.05) is 31.3 Å². The molecule has 0 atom stereocenters. The smallest absolute Gasteiger partial charge is 0.254 e. The number of hydrogen-bond acceptors (Lipinski definition) is 3. The highest BCUT2D eigenvalue weighted by Crippen LogP contribution is 2.16. The number of anilines is 1. The van der Waals surface area contributed by atoms with Crippen LogP contribution in [0, 0.1) is 0 Å². The summed E-state index contributed by atoms with van der Waals surface area (Å²) in [5.41, 5.74) is 1.12. The lowest BCUT2D eigenvalue weighted by Crippen LogP contribution is -2.53. The van der Waals surface area contributed by atoms with Crippen LogP contribution in [0.25, 0.3) is 0 Å². The fraction of sp³-hybridized carbons (Fsp3) is 0.333. The van der Waals surface area contributed by atoms with Crippen molar-refractivity contribution in [1.29, 1.82) is 0 Å². The number of carbonyl (C=O) groups is 2. The van der Waals surface area contributed by atoms with E-state index in [-0.39, 0.29) is 11.8 Å². The van der Waals surface area contributed by atoms with Crippen molar-refractivity contribution in [3.63, 3.8) is 0 Å². The molecule has 1 aliphatic rings. The van der Waals surface area contributed by atoms with Gasteiger partial charge < -0.3 is 15.3 Å². The SMILES string of the molecule is CC(=O)Nc1cccc(C(=O)N2CC(O)C2)c1. The number of carbonyl (C=O) groups excluding carboxylic acids is 2. The molecule has 5 heteroatoms. The maximum Gasteiger partial charge on any atom is 0.254 e. The van der Waals surface area contributed by atoms with Gasteiger partial charge in [-0.1, -0.05) is 6.07 Å². The fourth-order valence-corrected chi connectivity index (χ4v) is 1.74. The van der Waals surface area contributed by atoms with Crippen molar-refractivity contribution in [2.45, 2.75) is 13.0 Å². The molecule has 0 bridgehead atoms. The molecule has 1 aliphatic heterocycles. The first-order valence-corrected chi connectivity index (χ1v) is 5.41. The standard InChI is InChI=1S/C12H14N2O3/c1-8(15)13-10-4-2-3-9(5-10)12(17)14-6-11(16)7-14/h2-5,11,16H,6-7H2,1H3,(H,13,15). The summed E-state index contributed by atoms with van der Waals surface area (Å²) in [5.74, 6) is -0.295. The van der Waals surface area contributed by atoms with E-state index in [1.807, 2.05) is 0 Å². The third-order valence-electron chi connectivity index (χ3n) is 2.58. The number of hydrogen-bond donors (Lipinski definition) is 2. The van der Waals surface area contributed by atoms with Gasteiger partial charge in [-0.2, -0.15) is 0 Å². The minimum absolute atomic E-state index is 0.123. The molecule has 1 fully saturated rings. The van der Waals surface area contributed by atoms with Crippen molar-refractivity contribution in [3.8, 4) is 0 Å². The minimum atomic E-state index is -0.405. The molecule has 0 aromatic heterocycles. The van der Waals surface area contributed by atoms with Gasteiger partial charge in [0.25, 0.3) is 5.91 Å². The zero-order valence-electron chi connectivity index (χ0n) is 9.51. The van der Waals surface area contributed by atoms with Crippen LogP contribution in [0.1, 0.15) is 17.3 Å². The normalized spacial score (nSPS) is 15.3. The van der Waals surface area contributed by atoms with Gasteiger partial charge in [0.05, 0.1) is 6.10 Å². The summed E-state index contributed by atoms with van der Waals surface area (Å²) >= 11 is 0. The van der Waals surface area contributed by atoms with Crippen LogP contribution < -0.4 is 5.32 Å². The number of β-amino-alcohol motifs (C(OH)–C–C–N with tert-alkyl or cyclic N) is 1. The number of amides is 2. The van der Waals surface area contributed by atoms with Crippen LogP contribution in [-0.2, 0) is 4.79 Å². The molecular weight excluding hydrogens is 220 g/mol. The van der Waals surface area contributed by atoms with E-state index >= 15 is 0 Å². The van der Waals surface area contributed by atoms with Crippen LogP contribution in [0.5, 0.6) is 0 Å². The maximum absolute atomic E-state index is 11.9. The molecular formula is C12H14N2O3. The molecule has 2 rings (SSSR count). The molecule has 1 saturated heterocycles. The Labute approximate surface area is 99.0 Å². The van der Waals surface area contributed by atoms with Crippen molar-refractivity contribution in [2.24, 2.45) is 0 Å². The van der Waals surface area contributed by atoms with E-state index in [1.54, 1.807) is 29.2 Å². The lowest BCUT2D eigenvalue weighted by atomic mass is 10.1. The largest absolute Gasteiger partial charge is 0.389 e. The first-order valence-electron chi connectivity index (χ1n) is 5.41. The van der Waals surface area contributed by atoms with E-state index in [2.05, 4.69) is 5.32 Å². The molecule has 17 heavy (non-hydrogen) atoms. The predicted octanol–water partition coefficient (Wildman–Crippen LogP) is 0.462. The van der Waals surface area contributed by atoms with Gasteiger partial charge in [-0.3, -0.25) is 9.59 Å². The number of aliphatic hydroxyl groups excluding tert-OH is 1. The van der Waals surface area contributed by atoms with E-state index < -0.39 is 6.10 Å². The molecule has 90 valence electrons. The number of nitrogens with one attached hydrogen (secondary N) is 1. The highest BCUT2D eigenvalue weighted by atomic mass is 16.3. The summed E-state index contributed by atoms with van der Waals surface area (Å²) in [7, 11) is 0. The molecule has 2 N–H and O–H groups in total. The van der Waals surface area contributed by atoms with Crippen LogP contribution in [-0.4, -0.2) is 41.0 Å². The second-order valence-corrected chi connectivity index (χ2v) is 4.13. The van der Waals surface area contributed by atoms with Crippen LogP contribution >= 0.6 is 0 Å². The third kappa shape index (κ3) is 2.62.